The number of carboxylic acid groups (broad SMARTS) is 1. The summed E-state index contributed by atoms with van der Waals surface area (Å²) in [6.45, 7) is 0. The molecule has 0 saturated carbocycles. The molecule has 16 heavy (non-hydrogen) atoms. The van der Waals surface area contributed by atoms with Gasteiger partial charge in [-0.15, -0.1) is 0 Å². The molecule has 1 aromatic rings. The van der Waals surface area contributed by atoms with Gasteiger partial charge in [0.05, 0.1) is 7.11 Å². The van der Waals surface area contributed by atoms with E-state index in [-0.39, 0.29) is 23.7 Å². The van der Waals surface area contributed by atoms with Crippen LogP contribution in [0, 0.1) is 0 Å². The number of carboxylic acids is 1. The van der Waals surface area contributed by atoms with E-state index in [1.807, 2.05) is 0 Å². The number of benzene rings is 1. The van der Waals surface area contributed by atoms with Crippen LogP contribution in [0.25, 0.3) is 0 Å². The molecule has 5 N–H and O–H groups in total. The molecule has 0 aliphatic rings. The van der Waals surface area contributed by atoms with Crippen LogP contribution in [-0.4, -0.2) is 34.4 Å². The average molecular weight is 227 g/mol. The summed E-state index contributed by atoms with van der Waals surface area (Å²) in [5, 5.41) is 27.6. The molecule has 1 unspecified atom stereocenters. The summed E-state index contributed by atoms with van der Waals surface area (Å²) in [6.07, 6.45) is -0.0438. The highest BCUT2D eigenvalue weighted by Crippen LogP contribution is 2.38. The van der Waals surface area contributed by atoms with Crippen molar-refractivity contribution in [2.24, 2.45) is 5.73 Å². The SMILES string of the molecule is COc1c(O)ccc(CC(N)C(=O)O)c1O. The summed E-state index contributed by atoms with van der Waals surface area (Å²) >= 11 is 0. The zero-order chi connectivity index (χ0) is 12.3. The minimum absolute atomic E-state index is 0.0438. The van der Waals surface area contributed by atoms with Gasteiger partial charge in [-0.25, -0.2) is 0 Å². The molecular weight excluding hydrogens is 214 g/mol. The van der Waals surface area contributed by atoms with Gasteiger partial charge in [-0.3, -0.25) is 4.79 Å². The van der Waals surface area contributed by atoms with E-state index >= 15 is 0 Å². The van der Waals surface area contributed by atoms with Gasteiger partial charge >= 0.3 is 5.97 Å². The molecule has 0 saturated heterocycles. The predicted octanol–water partition coefficient (Wildman–Crippen LogP) is 0.0608. The summed E-state index contributed by atoms with van der Waals surface area (Å²) in [5.41, 5.74) is 5.64. The Morgan fingerprint density at radius 1 is 1.50 bits per heavy atom. The summed E-state index contributed by atoms with van der Waals surface area (Å²) in [5.74, 6) is -1.76. The van der Waals surface area contributed by atoms with Crippen LogP contribution in [-0.2, 0) is 11.2 Å². The van der Waals surface area contributed by atoms with E-state index < -0.39 is 12.0 Å². The third kappa shape index (κ3) is 2.34. The van der Waals surface area contributed by atoms with Gasteiger partial charge in [-0.2, -0.15) is 0 Å². The Balaban J connectivity index is 3.02. The van der Waals surface area contributed by atoms with Gasteiger partial charge in [0.2, 0.25) is 5.75 Å². The van der Waals surface area contributed by atoms with Crippen LogP contribution in [0.2, 0.25) is 0 Å². The highest BCUT2D eigenvalue weighted by atomic mass is 16.5. The van der Waals surface area contributed by atoms with Crippen LogP contribution in [0.1, 0.15) is 5.56 Å². The van der Waals surface area contributed by atoms with Crippen molar-refractivity contribution in [3.63, 3.8) is 0 Å². The number of phenolic OH excluding ortho intramolecular Hbond substituents is 2. The lowest BCUT2D eigenvalue weighted by Gasteiger charge is -2.12. The Morgan fingerprint density at radius 3 is 2.62 bits per heavy atom. The molecule has 0 aliphatic carbocycles. The van der Waals surface area contributed by atoms with Gasteiger partial charge < -0.3 is 25.8 Å². The topological polar surface area (TPSA) is 113 Å². The smallest absolute Gasteiger partial charge is 0.320 e. The van der Waals surface area contributed by atoms with Crippen molar-refractivity contribution >= 4 is 5.97 Å². The maximum atomic E-state index is 10.5. The van der Waals surface area contributed by atoms with E-state index in [0.29, 0.717) is 5.56 Å². The Bertz CT molecular complexity index is 404. The summed E-state index contributed by atoms with van der Waals surface area (Å²) in [4.78, 5) is 10.5. The van der Waals surface area contributed by atoms with Gasteiger partial charge in [-0.1, -0.05) is 6.07 Å². The molecule has 0 fully saturated rings. The maximum Gasteiger partial charge on any atom is 0.320 e. The van der Waals surface area contributed by atoms with Gasteiger partial charge in [0, 0.05) is 12.0 Å². The van der Waals surface area contributed by atoms with Gasteiger partial charge in [0.15, 0.2) is 11.5 Å². The molecule has 1 aromatic carbocycles. The van der Waals surface area contributed by atoms with Crippen molar-refractivity contribution in [2.45, 2.75) is 12.5 Å². The number of rotatable bonds is 4. The molecule has 6 heteroatoms. The number of aliphatic carboxylic acids is 1. The van der Waals surface area contributed by atoms with Crippen LogP contribution in [0.5, 0.6) is 17.2 Å². The number of methoxy groups -OCH3 is 1. The third-order valence-corrected chi connectivity index (χ3v) is 2.16. The fraction of sp³-hybridized carbons (Fsp3) is 0.300. The van der Waals surface area contributed by atoms with Crippen molar-refractivity contribution < 1.29 is 24.9 Å². The predicted molar refractivity (Wildman–Crippen MR) is 55.6 cm³/mol. The molecule has 0 amide bonds. The fourth-order valence-electron chi connectivity index (χ4n) is 1.29. The van der Waals surface area contributed by atoms with E-state index in [2.05, 4.69) is 0 Å². The molecule has 88 valence electrons. The standard InChI is InChI=1S/C10H13NO5/c1-16-9-7(12)3-2-5(8(9)13)4-6(11)10(14)15/h2-3,6,12-13H,4,11H2,1H3,(H,14,15). The zero-order valence-electron chi connectivity index (χ0n) is 8.67. The Labute approximate surface area is 91.9 Å². The molecular formula is C10H13NO5. The average Bonchev–Trinajstić information content (AvgIpc) is 2.22. The van der Waals surface area contributed by atoms with Crippen molar-refractivity contribution in [3.8, 4) is 17.2 Å². The van der Waals surface area contributed by atoms with Gasteiger partial charge in [0.1, 0.15) is 6.04 Å². The first-order valence-corrected chi connectivity index (χ1v) is 4.53. The maximum absolute atomic E-state index is 10.5. The molecule has 0 bridgehead atoms. The number of hydrogen-bond donors (Lipinski definition) is 4. The molecule has 1 rings (SSSR count). The highest BCUT2D eigenvalue weighted by molar-refractivity contribution is 5.74. The number of hydrogen-bond acceptors (Lipinski definition) is 5. The Morgan fingerprint density at radius 2 is 2.12 bits per heavy atom. The lowest BCUT2D eigenvalue weighted by Crippen LogP contribution is -2.32. The first-order chi connectivity index (χ1) is 7.47. The normalized spacial score (nSPS) is 12.1. The number of nitrogens with two attached hydrogens (primary N) is 1. The second kappa shape index (κ2) is 4.71. The second-order valence-corrected chi connectivity index (χ2v) is 3.27. The summed E-state index contributed by atoms with van der Waals surface area (Å²) < 4.78 is 4.77. The zero-order valence-corrected chi connectivity index (χ0v) is 8.67. The lowest BCUT2D eigenvalue weighted by molar-refractivity contribution is -0.138. The minimum atomic E-state index is -1.16. The molecule has 6 nitrogen and oxygen atoms in total. The highest BCUT2D eigenvalue weighted by Gasteiger charge is 2.18. The number of aromatic hydroxyl groups is 2. The fourth-order valence-corrected chi connectivity index (χ4v) is 1.29. The van der Waals surface area contributed by atoms with E-state index in [0.717, 1.165) is 0 Å². The molecule has 0 aromatic heterocycles. The van der Waals surface area contributed by atoms with Crippen LogP contribution in [0.4, 0.5) is 0 Å². The Kier molecular flexibility index (Phi) is 3.57. The van der Waals surface area contributed by atoms with Crippen molar-refractivity contribution in [3.05, 3.63) is 17.7 Å². The number of ether oxygens (including phenoxy) is 1. The summed E-state index contributed by atoms with van der Waals surface area (Å²) in [6, 6.07) is 1.60. The van der Waals surface area contributed by atoms with E-state index in [1.165, 1.54) is 19.2 Å². The first kappa shape index (κ1) is 12.1. The van der Waals surface area contributed by atoms with Crippen molar-refractivity contribution in [1.82, 2.24) is 0 Å². The van der Waals surface area contributed by atoms with Crippen LogP contribution >= 0.6 is 0 Å². The van der Waals surface area contributed by atoms with Crippen LogP contribution in [0.15, 0.2) is 12.1 Å². The van der Waals surface area contributed by atoms with E-state index in [1.54, 1.807) is 0 Å². The largest absolute Gasteiger partial charge is 0.504 e. The van der Waals surface area contributed by atoms with Crippen molar-refractivity contribution in [2.75, 3.05) is 7.11 Å². The molecule has 0 radical (unpaired) electrons. The minimum Gasteiger partial charge on any atom is -0.504 e. The molecule has 0 spiro atoms. The lowest BCUT2D eigenvalue weighted by atomic mass is 10.0. The monoisotopic (exact) mass is 227 g/mol. The summed E-state index contributed by atoms with van der Waals surface area (Å²) in [7, 11) is 1.29. The third-order valence-electron chi connectivity index (χ3n) is 2.16. The molecule has 0 aliphatic heterocycles. The van der Waals surface area contributed by atoms with Crippen LogP contribution in [0.3, 0.4) is 0 Å². The number of carbonyl (C=O) groups is 1. The van der Waals surface area contributed by atoms with Gasteiger partial charge in [0.25, 0.3) is 0 Å². The Hall–Kier alpha value is -1.95. The van der Waals surface area contributed by atoms with Crippen molar-refractivity contribution in [1.29, 1.82) is 0 Å². The second-order valence-electron chi connectivity index (χ2n) is 3.27. The number of phenols is 2. The van der Waals surface area contributed by atoms with Crippen LogP contribution < -0.4 is 10.5 Å². The first-order valence-electron chi connectivity index (χ1n) is 4.53. The molecule has 0 heterocycles. The molecule has 1 atom stereocenters. The van der Waals surface area contributed by atoms with E-state index in [4.69, 9.17) is 15.6 Å². The van der Waals surface area contributed by atoms with Gasteiger partial charge in [-0.05, 0) is 6.07 Å². The quantitative estimate of drug-likeness (QED) is 0.578. The van der Waals surface area contributed by atoms with E-state index in [9.17, 15) is 15.0 Å².